The van der Waals surface area contributed by atoms with Crippen molar-refractivity contribution in [2.45, 2.75) is 6.92 Å². The van der Waals surface area contributed by atoms with E-state index in [9.17, 15) is 4.79 Å². The van der Waals surface area contributed by atoms with E-state index in [1.54, 1.807) is 30.5 Å². The maximum atomic E-state index is 12.3. The quantitative estimate of drug-likeness (QED) is 0.732. The lowest BCUT2D eigenvalue weighted by Gasteiger charge is -2.21. The lowest BCUT2D eigenvalue weighted by molar-refractivity contribution is 0.102. The van der Waals surface area contributed by atoms with Gasteiger partial charge in [-0.1, -0.05) is 35.9 Å². The number of hydrogen-bond acceptors (Lipinski definition) is 4. The Morgan fingerprint density at radius 3 is 2.52 bits per heavy atom. The Morgan fingerprint density at radius 1 is 1.08 bits per heavy atom. The van der Waals surface area contributed by atoms with Gasteiger partial charge in [0.2, 0.25) is 0 Å². The molecule has 5 nitrogen and oxygen atoms in total. The predicted molar refractivity (Wildman–Crippen MR) is 101 cm³/mol. The maximum Gasteiger partial charge on any atom is 0.275 e. The van der Waals surface area contributed by atoms with Crippen molar-refractivity contribution in [2.75, 3.05) is 16.8 Å². The molecule has 0 aliphatic carbocycles. The van der Waals surface area contributed by atoms with E-state index < -0.39 is 0 Å². The Bertz CT molecular complexity index is 853. The number of nitrogens with one attached hydrogen (secondary N) is 1. The minimum Gasteiger partial charge on any atom is -0.325 e. The summed E-state index contributed by atoms with van der Waals surface area (Å²) in [5, 5.41) is 3.31. The summed E-state index contributed by atoms with van der Waals surface area (Å²) in [6.45, 7) is 2.78. The summed E-state index contributed by atoms with van der Waals surface area (Å²) < 4.78 is 0. The molecule has 1 amide bonds. The molecule has 0 aliphatic heterocycles. The Balaban J connectivity index is 1.76. The van der Waals surface area contributed by atoms with Gasteiger partial charge >= 0.3 is 0 Å². The molecule has 0 spiro atoms. The van der Waals surface area contributed by atoms with E-state index in [-0.39, 0.29) is 11.6 Å². The zero-order valence-electron chi connectivity index (χ0n) is 13.7. The summed E-state index contributed by atoms with van der Waals surface area (Å²) in [6, 6.07) is 16.9. The highest BCUT2D eigenvalue weighted by Crippen LogP contribution is 2.22. The lowest BCUT2D eigenvalue weighted by atomic mass is 10.3. The Labute approximate surface area is 151 Å². The van der Waals surface area contributed by atoms with Crippen LogP contribution in [0.4, 0.5) is 17.2 Å². The van der Waals surface area contributed by atoms with Crippen LogP contribution in [0, 0.1) is 0 Å². The molecule has 25 heavy (non-hydrogen) atoms. The van der Waals surface area contributed by atoms with Crippen LogP contribution in [-0.2, 0) is 0 Å². The Morgan fingerprint density at radius 2 is 1.88 bits per heavy atom. The van der Waals surface area contributed by atoms with Crippen LogP contribution in [0.5, 0.6) is 0 Å². The third-order valence-electron chi connectivity index (χ3n) is 3.61. The summed E-state index contributed by atoms with van der Waals surface area (Å²) in [4.78, 5) is 22.9. The van der Waals surface area contributed by atoms with Gasteiger partial charge in [-0.3, -0.25) is 4.79 Å². The largest absolute Gasteiger partial charge is 0.325 e. The van der Waals surface area contributed by atoms with Gasteiger partial charge < -0.3 is 10.2 Å². The molecule has 1 N–H and O–H groups in total. The van der Waals surface area contributed by atoms with E-state index in [0.29, 0.717) is 16.5 Å². The number of anilines is 3. The minimum absolute atomic E-state index is 0.243. The van der Waals surface area contributed by atoms with Gasteiger partial charge in [-0.2, -0.15) is 0 Å². The second-order valence-corrected chi connectivity index (χ2v) is 5.74. The van der Waals surface area contributed by atoms with E-state index in [2.05, 4.69) is 15.3 Å². The molecule has 2 aromatic carbocycles. The van der Waals surface area contributed by atoms with E-state index in [1.165, 1.54) is 6.20 Å². The molecule has 6 heteroatoms. The van der Waals surface area contributed by atoms with E-state index in [0.717, 1.165) is 12.2 Å². The molecule has 3 rings (SSSR count). The van der Waals surface area contributed by atoms with Crippen LogP contribution in [0.3, 0.4) is 0 Å². The number of nitrogens with zero attached hydrogens (tertiary/aromatic N) is 3. The van der Waals surface area contributed by atoms with Crippen LogP contribution >= 0.6 is 11.6 Å². The fourth-order valence-corrected chi connectivity index (χ4v) is 2.61. The van der Waals surface area contributed by atoms with Gasteiger partial charge in [-0.15, -0.1) is 0 Å². The molecule has 0 aliphatic rings. The maximum absolute atomic E-state index is 12.3. The topological polar surface area (TPSA) is 58.1 Å². The lowest BCUT2D eigenvalue weighted by Crippen LogP contribution is -2.19. The zero-order chi connectivity index (χ0) is 17.6. The molecule has 0 fully saturated rings. The highest BCUT2D eigenvalue weighted by atomic mass is 35.5. The van der Waals surface area contributed by atoms with Crippen molar-refractivity contribution < 1.29 is 4.79 Å². The number of aromatic nitrogens is 2. The van der Waals surface area contributed by atoms with Gasteiger partial charge in [-0.05, 0) is 37.3 Å². The van der Waals surface area contributed by atoms with Gasteiger partial charge in [-0.25, -0.2) is 9.97 Å². The van der Waals surface area contributed by atoms with Crippen LogP contribution in [0.15, 0.2) is 67.0 Å². The monoisotopic (exact) mass is 352 g/mol. The first-order chi connectivity index (χ1) is 12.2. The third-order valence-corrected chi connectivity index (χ3v) is 3.85. The van der Waals surface area contributed by atoms with Gasteiger partial charge in [0.05, 0.1) is 12.4 Å². The van der Waals surface area contributed by atoms with E-state index in [4.69, 9.17) is 11.6 Å². The highest BCUT2D eigenvalue weighted by Gasteiger charge is 2.12. The summed E-state index contributed by atoms with van der Waals surface area (Å²) in [7, 11) is 0. The average Bonchev–Trinajstić information content (AvgIpc) is 2.64. The van der Waals surface area contributed by atoms with Crippen molar-refractivity contribution >= 4 is 34.7 Å². The molecule has 0 saturated carbocycles. The van der Waals surface area contributed by atoms with Crippen molar-refractivity contribution in [1.29, 1.82) is 0 Å². The second-order valence-electron chi connectivity index (χ2n) is 5.30. The van der Waals surface area contributed by atoms with Crippen molar-refractivity contribution in [3.05, 3.63) is 77.7 Å². The van der Waals surface area contributed by atoms with Crippen LogP contribution in [0.25, 0.3) is 0 Å². The number of halogens is 1. The molecule has 0 atom stereocenters. The van der Waals surface area contributed by atoms with Crippen LogP contribution < -0.4 is 10.2 Å². The number of benzene rings is 2. The molecule has 0 saturated heterocycles. The average molecular weight is 353 g/mol. The Hall–Kier alpha value is -2.92. The van der Waals surface area contributed by atoms with Gasteiger partial charge in [0.1, 0.15) is 5.69 Å². The molecule has 0 radical (unpaired) electrons. The number of amides is 1. The first-order valence-corrected chi connectivity index (χ1v) is 8.26. The van der Waals surface area contributed by atoms with Crippen LogP contribution in [-0.4, -0.2) is 22.4 Å². The van der Waals surface area contributed by atoms with E-state index in [1.807, 2.05) is 42.2 Å². The first-order valence-electron chi connectivity index (χ1n) is 7.89. The van der Waals surface area contributed by atoms with Gasteiger partial charge in [0.15, 0.2) is 5.82 Å². The van der Waals surface area contributed by atoms with Crippen LogP contribution in [0.2, 0.25) is 5.02 Å². The summed E-state index contributed by atoms with van der Waals surface area (Å²) in [5.74, 6) is 0.358. The number of para-hydroxylation sites is 1. The summed E-state index contributed by atoms with van der Waals surface area (Å²) >= 11 is 5.92. The minimum atomic E-state index is -0.330. The number of rotatable bonds is 5. The van der Waals surface area contributed by atoms with Crippen molar-refractivity contribution in [3.63, 3.8) is 0 Å². The highest BCUT2D eigenvalue weighted by molar-refractivity contribution is 6.30. The molecular weight excluding hydrogens is 336 g/mol. The molecule has 0 bridgehead atoms. The first kappa shape index (κ1) is 16.9. The standard InChI is InChI=1S/C19H17ClN4O/c1-2-24(16-9-4-3-5-10-16)18-13-21-17(12-22-18)19(25)23-15-8-6-7-14(20)11-15/h3-13H,2H2,1H3,(H,23,25). The molecule has 0 unspecified atom stereocenters. The molecule has 126 valence electrons. The Kier molecular flexibility index (Phi) is 5.26. The van der Waals surface area contributed by atoms with Crippen molar-refractivity contribution in [2.24, 2.45) is 0 Å². The number of carbonyl (C=O) groups excluding carboxylic acids is 1. The molecular formula is C19H17ClN4O. The third kappa shape index (κ3) is 4.14. The zero-order valence-corrected chi connectivity index (χ0v) is 14.4. The molecule has 1 aromatic heterocycles. The number of carbonyl (C=O) groups is 1. The van der Waals surface area contributed by atoms with E-state index >= 15 is 0 Å². The fourth-order valence-electron chi connectivity index (χ4n) is 2.42. The molecule has 1 heterocycles. The predicted octanol–water partition coefficient (Wildman–Crippen LogP) is 4.54. The fraction of sp³-hybridized carbons (Fsp3) is 0.105. The SMILES string of the molecule is CCN(c1ccccc1)c1cnc(C(=O)Nc2cccc(Cl)c2)cn1. The molecule has 3 aromatic rings. The normalized spacial score (nSPS) is 10.3. The summed E-state index contributed by atoms with van der Waals surface area (Å²) in [5.41, 5.74) is 1.88. The van der Waals surface area contributed by atoms with Crippen LogP contribution in [0.1, 0.15) is 17.4 Å². The van der Waals surface area contributed by atoms with Gasteiger partial charge in [0.25, 0.3) is 5.91 Å². The smallest absolute Gasteiger partial charge is 0.275 e. The second kappa shape index (κ2) is 7.77. The van der Waals surface area contributed by atoms with Gasteiger partial charge in [0, 0.05) is 22.9 Å². The number of hydrogen-bond donors (Lipinski definition) is 1. The van der Waals surface area contributed by atoms with Crippen molar-refractivity contribution in [3.8, 4) is 0 Å². The summed E-state index contributed by atoms with van der Waals surface area (Å²) in [6.07, 6.45) is 3.07. The van der Waals surface area contributed by atoms with Crippen molar-refractivity contribution in [1.82, 2.24) is 9.97 Å².